The van der Waals surface area contributed by atoms with Gasteiger partial charge < -0.3 is 16.6 Å². The van der Waals surface area contributed by atoms with Crippen LogP contribution in [0.25, 0.3) is 0 Å². The van der Waals surface area contributed by atoms with Gasteiger partial charge in [0.1, 0.15) is 5.54 Å². The van der Waals surface area contributed by atoms with E-state index in [9.17, 15) is 4.79 Å². The van der Waals surface area contributed by atoms with Crippen LogP contribution < -0.4 is 11.5 Å². The maximum atomic E-state index is 10.6. The zero-order chi connectivity index (χ0) is 11.9. The van der Waals surface area contributed by atoms with Crippen LogP contribution in [0.5, 0.6) is 0 Å². The lowest BCUT2D eigenvalue weighted by Crippen LogP contribution is -2.44. The lowest BCUT2D eigenvalue weighted by Gasteiger charge is -2.15. The van der Waals surface area contributed by atoms with Crippen molar-refractivity contribution in [2.24, 2.45) is 16.5 Å². The summed E-state index contributed by atoms with van der Waals surface area (Å²) >= 11 is 0. The molecule has 0 aromatic carbocycles. The monoisotopic (exact) mass is 285 g/mol. The average Bonchev–Trinajstić information content (AvgIpc) is 2.10. The molecule has 7 heteroatoms. The van der Waals surface area contributed by atoms with Crippen LogP contribution in [0.4, 0.5) is 0 Å². The molecule has 0 aromatic rings. The molecule has 0 radical (unpaired) electrons. The number of carboxylic acid groups (broad SMARTS) is 1. The van der Waals surface area contributed by atoms with E-state index >= 15 is 0 Å². The highest BCUT2D eigenvalue weighted by Crippen LogP contribution is 2.06. The fourth-order valence-electron chi connectivity index (χ4n) is 0.849. The highest BCUT2D eigenvalue weighted by molar-refractivity contribution is 5.85. The van der Waals surface area contributed by atoms with Crippen molar-refractivity contribution < 1.29 is 9.90 Å². The fraction of sp³-hybridized carbons (Fsp3) is 0.600. The number of nitrogens with zero attached hydrogens (tertiary/aromatic N) is 1. The van der Waals surface area contributed by atoms with E-state index in [1.165, 1.54) is 6.92 Å². The summed E-state index contributed by atoms with van der Waals surface area (Å²) < 4.78 is 0. The van der Waals surface area contributed by atoms with Crippen LogP contribution >= 0.6 is 24.8 Å². The molecule has 17 heavy (non-hydrogen) atoms. The number of hydrogen-bond acceptors (Lipinski definition) is 3. The second-order valence-corrected chi connectivity index (χ2v) is 3.71. The Hall–Kier alpha value is -0.780. The van der Waals surface area contributed by atoms with E-state index in [-0.39, 0.29) is 24.8 Å². The van der Waals surface area contributed by atoms with Crippen molar-refractivity contribution in [3.8, 4) is 0 Å². The third-order valence-electron chi connectivity index (χ3n) is 1.85. The summed E-state index contributed by atoms with van der Waals surface area (Å²) in [6.07, 6.45) is 4.67. The molecule has 5 nitrogen and oxygen atoms in total. The van der Waals surface area contributed by atoms with E-state index in [0.29, 0.717) is 18.8 Å². The minimum Gasteiger partial charge on any atom is -0.480 e. The standard InChI is InChI=1S/C10H19N3O2.2ClH/c1-8(11)13-7-5-3-4-6-10(2,12)9(14)15;;/h3-4H,5-7,12H2,1-2H3,(H2,11,13)(H,14,15);2*1H/b4-3-;;. The summed E-state index contributed by atoms with van der Waals surface area (Å²) in [4.78, 5) is 14.6. The van der Waals surface area contributed by atoms with Crippen LogP contribution in [0, 0.1) is 0 Å². The molecule has 0 spiro atoms. The summed E-state index contributed by atoms with van der Waals surface area (Å²) in [5.74, 6) is -0.444. The third-order valence-corrected chi connectivity index (χ3v) is 1.85. The van der Waals surface area contributed by atoms with Gasteiger partial charge in [0.05, 0.1) is 5.84 Å². The first kappa shape index (κ1) is 21.5. The predicted molar refractivity (Wildman–Crippen MR) is 75.3 cm³/mol. The molecule has 0 aliphatic heterocycles. The van der Waals surface area contributed by atoms with Crippen LogP contribution in [0.3, 0.4) is 0 Å². The number of nitrogens with two attached hydrogens (primary N) is 2. The van der Waals surface area contributed by atoms with Crippen molar-refractivity contribution in [1.82, 2.24) is 0 Å². The van der Waals surface area contributed by atoms with Gasteiger partial charge in [0, 0.05) is 6.54 Å². The molecule has 0 aliphatic carbocycles. The van der Waals surface area contributed by atoms with Gasteiger partial charge in [0.15, 0.2) is 0 Å². The SMILES string of the molecule is CC(N)=NCC/C=C\CC(C)(N)C(=O)O.Cl.Cl. The number of hydrogen-bond donors (Lipinski definition) is 3. The van der Waals surface area contributed by atoms with Gasteiger partial charge in [-0.15, -0.1) is 24.8 Å². The lowest BCUT2D eigenvalue weighted by atomic mass is 9.99. The molecular formula is C10H21Cl2N3O2. The van der Waals surface area contributed by atoms with Crippen molar-refractivity contribution in [2.75, 3.05) is 6.54 Å². The second-order valence-electron chi connectivity index (χ2n) is 3.71. The molecule has 5 N–H and O–H groups in total. The first-order valence-corrected chi connectivity index (χ1v) is 4.80. The Morgan fingerprint density at radius 2 is 1.94 bits per heavy atom. The fourth-order valence-corrected chi connectivity index (χ4v) is 0.849. The first-order chi connectivity index (χ1) is 6.86. The van der Waals surface area contributed by atoms with E-state index in [1.54, 1.807) is 13.0 Å². The summed E-state index contributed by atoms with van der Waals surface area (Å²) in [5, 5.41) is 8.72. The Bertz CT molecular complexity index is 275. The van der Waals surface area contributed by atoms with Crippen molar-refractivity contribution >= 4 is 36.6 Å². The highest BCUT2D eigenvalue weighted by atomic mass is 35.5. The van der Waals surface area contributed by atoms with Gasteiger partial charge in [-0.2, -0.15) is 0 Å². The van der Waals surface area contributed by atoms with Gasteiger partial charge in [0.2, 0.25) is 0 Å². The second kappa shape index (κ2) is 10.4. The molecule has 0 saturated heterocycles. The number of carboxylic acids is 1. The van der Waals surface area contributed by atoms with Crippen LogP contribution in [0.2, 0.25) is 0 Å². The molecule has 0 bridgehead atoms. The predicted octanol–water partition coefficient (Wildman–Crippen LogP) is 1.35. The Labute approximate surface area is 114 Å². The molecule has 1 unspecified atom stereocenters. The zero-order valence-corrected chi connectivity index (χ0v) is 11.7. The first-order valence-electron chi connectivity index (χ1n) is 4.80. The number of aliphatic carboxylic acids is 1. The number of rotatable bonds is 6. The van der Waals surface area contributed by atoms with Crippen LogP contribution in [-0.2, 0) is 4.79 Å². The van der Waals surface area contributed by atoms with Gasteiger partial charge in [-0.3, -0.25) is 9.79 Å². The molecule has 0 fully saturated rings. The van der Waals surface area contributed by atoms with Crippen molar-refractivity contribution in [3.63, 3.8) is 0 Å². The number of aliphatic imine (C=N–C) groups is 1. The van der Waals surface area contributed by atoms with Gasteiger partial charge in [0.25, 0.3) is 0 Å². The smallest absolute Gasteiger partial charge is 0.323 e. The Morgan fingerprint density at radius 1 is 1.41 bits per heavy atom. The highest BCUT2D eigenvalue weighted by Gasteiger charge is 2.25. The summed E-state index contributed by atoms with van der Waals surface area (Å²) in [7, 11) is 0. The Kier molecular flexibility index (Phi) is 13.1. The largest absolute Gasteiger partial charge is 0.480 e. The maximum absolute atomic E-state index is 10.6. The summed E-state index contributed by atoms with van der Waals surface area (Å²) in [6, 6.07) is 0. The number of halogens is 2. The van der Waals surface area contributed by atoms with Crippen LogP contribution in [0.15, 0.2) is 17.1 Å². The van der Waals surface area contributed by atoms with Crippen molar-refractivity contribution in [1.29, 1.82) is 0 Å². The van der Waals surface area contributed by atoms with Crippen molar-refractivity contribution in [2.45, 2.75) is 32.2 Å². The Balaban J connectivity index is -0.000000980. The molecule has 0 heterocycles. The van der Waals surface area contributed by atoms with E-state index in [1.807, 2.05) is 6.08 Å². The van der Waals surface area contributed by atoms with Crippen molar-refractivity contribution in [3.05, 3.63) is 12.2 Å². The maximum Gasteiger partial charge on any atom is 0.323 e. The van der Waals surface area contributed by atoms with E-state index in [4.69, 9.17) is 16.6 Å². The molecular weight excluding hydrogens is 265 g/mol. The quantitative estimate of drug-likeness (QED) is 0.297. The van der Waals surface area contributed by atoms with Gasteiger partial charge in [-0.1, -0.05) is 12.2 Å². The van der Waals surface area contributed by atoms with Gasteiger partial charge >= 0.3 is 5.97 Å². The van der Waals surface area contributed by atoms with E-state index in [0.717, 1.165) is 6.42 Å². The van der Waals surface area contributed by atoms with Crippen LogP contribution in [0.1, 0.15) is 26.7 Å². The lowest BCUT2D eigenvalue weighted by molar-refractivity contribution is -0.142. The molecule has 1 atom stereocenters. The zero-order valence-electron chi connectivity index (χ0n) is 10.0. The van der Waals surface area contributed by atoms with E-state index < -0.39 is 11.5 Å². The summed E-state index contributed by atoms with van der Waals surface area (Å²) in [5.41, 5.74) is 9.68. The molecule has 102 valence electrons. The Morgan fingerprint density at radius 3 is 2.35 bits per heavy atom. The molecule has 0 rings (SSSR count). The molecule has 0 saturated carbocycles. The minimum atomic E-state index is -1.19. The molecule has 0 amide bonds. The van der Waals surface area contributed by atoms with Gasteiger partial charge in [-0.25, -0.2) is 0 Å². The normalized spacial score (nSPS) is 14.6. The van der Waals surface area contributed by atoms with Crippen LogP contribution in [-0.4, -0.2) is 29.0 Å². The average molecular weight is 286 g/mol. The number of carbonyl (C=O) groups is 1. The topological polar surface area (TPSA) is 102 Å². The number of amidine groups is 1. The van der Waals surface area contributed by atoms with E-state index in [2.05, 4.69) is 4.99 Å². The minimum absolute atomic E-state index is 0. The molecule has 0 aliphatic rings. The molecule has 0 aromatic heterocycles. The van der Waals surface area contributed by atoms with Gasteiger partial charge in [-0.05, 0) is 26.7 Å². The summed E-state index contributed by atoms with van der Waals surface area (Å²) in [6.45, 7) is 3.83. The third kappa shape index (κ3) is 11.5.